The molecule has 3 heterocycles. The molecule has 2 aliphatic rings. The van der Waals surface area contributed by atoms with Crippen molar-refractivity contribution in [1.29, 1.82) is 0 Å². The third-order valence-electron chi connectivity index (χ3n) is 6.09. The van der Waals surface area contributed by atoms with Gasteiger partial charge in [-0.3, -0.25) is 14.4 Å². The summed E-state index contributed by atoms with van der Waals surface area (Å²) in [7, 11) is 1.43. The van der Waals surface area contributed by atoms with E-state index in [0.29, 0.717) is 65.6 Å². The van der Waals surface area contributed by atoms with Crippen molar-refractivity contribution in [2.75, 3.05) is 45.3 Å². The van der Waals surface area contributed by atoms with Gasteiger partial charge in [0.1, 0.15) is 5.82 Å². The number of hydrogen-bond acceptors (Lipinski definition) is 5. The van der Waals surface area contributed by atoms with Crippen LogP contribution in [0.4, 0.5) is 10.1 Å². The molecule has 0 bridgehead atoms. The zero-order chi connectivity index (χ0) is 24.4. The molecular weight excluding hydrogens is 443 g/mol. The minimum absolute atomic E-state index is 0.0149. The Balaban J connectivity index is 1.51. The molecule has 1 saturated heterocycles. The van der Waals surface area contributed by atoms with Gasteiger partial charge in [0.25, 0.3) is 17.7 Å². The Hall–Kier alpha value is -3.50. The lowest BCUT2D eigenvalue weighted by Crippen LogP contribution is -2.49. The van der Waals surface area contributed by atoms with E-state index in [4.69, 9.17) is 9.47 Å². The van der Waals surface area contributed by atoms with E-state index in [2.05, 4.69) is 15.6 Å². The zero-order valence-corrected chi connectivity index (χ0v) is 19.3. The summed E-state index contributed by atoms with van der Waals surface area (Å²) in [5.74, 6) is -1.35. The number of anilines is 1. The van der Waals surface area contributed by atoms with Crippen molar-refractivity contribution in [2.24, 2.45) is 0 Å². The molecule has 3 N–H and O–H groups in total. The predicted molar refractivity (Wildman–Crippen MR) is 124 cm³/mol. The number of amides is 3. The summed E-state index contributed by atoms with van der Waals surface area (Å²) >= 11 is 0. The van der Waals surface area contributed by atoms with Crippen LogP contribution in [0.5, 0.6) is 0 Å². The number of morpholine rings is 1. The van der Waals surface area contributed by atoms with Gasteiger partial charge in [-0.15, -0.1) is 0 Å². The summed E-state index contributed by atoms with van der Waals surface area (Å²) in [6, 6.07) is 4.10. The number of carbonyl (C=O) groups is 3. The maximum atomic E-state index is 13.7. The van der Waals surface area contributed by atoms with Crippen LogP contribution in [0.25, 0.3) is 11.6 Å². The summed E-state index contributed by atoms with van der Waals surface area (Å²) in [5.41, 5.74) is 3.53. The van der Waals surface area contributed by atoms with E-state index < -0.39 is 11.9 Å². The maximum absolute atomic E-state index is 13.7. The molecule has 1 aromatic heterocycles. The fourth-order valence-electron chi connectivity index (χ4n) is 4.24. The smallest absolute Gasteiger partial charge is 0.256 e. The second kappa shape index (κ2) is 9.78. The third kappa shape index (κ3) is 4.59. The number of H-pyrrole nitrogens is 1. The average molecular weight is 471 g/mol. The summed E-state index contributed by atoms with van der Waals surface area (Å²) in [5, 5.41) is 5.49. The molecule has 0 radical (unpaired) electrons. The molecule has 0 spiro atoms. The van der Waals surface area contributed by atoms with Crippen molar-refractivity contribution in [3.8, 4) is 0 Å². The minimum atomic E-state index is -0.809. The lowest BCUT2D eigenvalue weighted by molar-refractivity contribution is -0.145. The largest absolute Gasteiger partial charge is 0.378 e. The van der Waals surface area contributed by atoms with Crippen LogP contribution in [0.3, 0.4) is 0 Å². The van der Waals surface area contributed by atoms with Crippen LogP contribution in [0.2, 0.25) is 0 Å². The molecule has 2 aliphatic heterocycles. The Morgan fingerprint density at radius 2 is 2.03 bits per heavy atom. The second-order valence-corrected chi connectivity index (χ2v) is 8.24. The molecule has 9 nitrogen and oxygen atoms in total. The highest BCUT2D eigenvalue weighted by Crippen LogP contribution is 2.34. The first-order valence-electron chi connectivity index (χ1n) is 11.0. The number of fused-ring (bicyclic) bond motifs is 1. The van der Waals surface area contributed by atoms with E-state index in [1.807, 2.05) is 0 Å². The molecule has 1 aromatic carbocycles. The van der Waals surface area contributed by atoms with Gasteiger partial charge in [0.2, 0.25) is 0 Å². The van der Waals surface area contributed by atoms with Crippen molar-refractivity contribution in [1.82, 2.24) is 15.2 Å². The van der Waals surface area contributed by atoms with Gasteiger partial charge >= 0.3 is 0 Å². The van der Waals surface area contributed by atoms with Crippen LogP contribution >= 0.6 is 0 Å². The van der Waals surface area contributed by atoms with Gasteiger partial charge in [-0.25, -0.2) is 4.39 Å². The van der Waals surface area contributed by atoms with Crippen molar-refractivity contribution >= 4 is 35.1 Å². The fraction of sp³-hybridized carbons (Fsp3) is 0.375. The van der Waals surface area contributed by atoms with Gasteiger partial charge in [-0.2, -0.15) is 0 Å². The number of halogens is 1. The Morgan fingerprint density at radius 3 is 2.74 bits per heavy atom. The first kappa shape index (κ1) is 23.7. The first-order chi connectivity index (χ1) is 16.3. The summed E-state index contributed by atoms with van der Waals surface area (Å²) in [6.45, 7) is 5.45. The molecule has 1 unspecified atom stereocenters. The van der Waals surface area contributed by atoms with Crippen LogP contribution in [-0.4, -0.2) is 73.7 Å². The number of methoxy groups -OCH3 is 1. The van der Waals surface area contributed by atoms with Gasteiger partial charge in [0, 0.05) is 42.8 Å². The number of aromatic amines is 1. The Labute approximate surface area is 196 Å². The Morgan fingerprint density at radius 1 is 1.29 bits per heavy atom. The second-order valence-electron chi connectivity index (χ2n) is 8.24. The van der Waals surface area contributed by atoms with E-state index in [1.54, 1.807) is 24.8 Å². The summed E-state index contributed by atoms with van der Waals surface area (Å²) in [4.78, 5) is 42.9. The first-order valence-corrected chi connectivity index (χ1v) is 11.0. The van der Waals surface area contributed by atoms with E-state index in [1.165, 1.54) is 25.3 Å². The number of hydrogen-bond donors (Lipinski definition) is 3. The van der Waals surface area contributed by atoms with E-state index in [-0.39, 0.29) is 24.3 Å². The highest BCUT2D eigenvalue weighted by Gasteiger charge is 2.28. The molecule has 180 valence electrons. The molecule has 4 rings (SSSR count). The predicted octanol–water partition coefficient (Wildman–Crippen LogP) is 1.87. The number of ether oxygens (including phenoxy) is 2. The molecule has 1 atom stereocenters. The van der Waals surface area contributed by atoms with Gasteiger partial charge in [-0.05, 0) is 43.7 Å². The number of rotatable bonds is 6. The third-order valence-corrected chi connectivity index (χ3v) is 6.09. The lowest BCUT2D eigenvalue weighted by atomic mass is 10.0. The van der Waals surface area contributed by atoms with Crippen LogP contribution in [-0.2, 0) is 19.1 Å². The standard InChI is InChI=1S/C24H27FN4O5/c1-13-19(11-17-16-10-15(25)4-5-18(16)28-22(17)30)27-14(2)21(13)23(31)26-12-20(33-3)24(32)29-6-8-34-9-7-29/h4-5,10-11,20,27H,6-9,12H2,1-3H3,(H,26,31)(H,28,30). The van der Waals surface area contributed by atoms with Gasteiger partial charge in [-0.1, -0.05) is 0 Å². The van der Waals surface area contributed by atoms with E-state index in [0.717, 1.165) is 0 Å². The molecule has 3 amide bonds. The Kier molecular flexibility index (Phi) is 6.80. The zero-order valence-electron chi connectivity index (χ0n) is 19.3. The molecular formula is C24H27FN4O5. The topological polar surface area (TPSA) is 113 Å². The molecule has 1 fully saturated rings. The van der Waals surface area contributed by atoms with Gasteiger partial charge in [0.05, 0.1) is 30.9 Å². The van der Waals surface area contributed by atoms with Gasteiger partial charge in [0.15, 0.2) is 6.10 Å². The van der Waals surface area contributed by atoms with E-state index in [9.17, 15) is 18.8 Å². The molecule has 10 heteroatoms. The number of benzene rings is 1. The molecule has 34 heavy (non-hydrogen) atoms. The van der Waals surface area contributed by atoms with Crippen LogP contribution < -0.4 is 10.6 Å². The SMILES string of the molecule is COC(CNC(=O)c1c(C)[nH]c(C=C2C(=O)Nc3ccc(F)cc32)c1C)C(=O)N1CCOCC1. The summed E-state index contributed by atoms with van der Waals surface area (Å²) in [6.07, 6.45) is 0.802. The number of carbonyl (C=O) groups excluding carboxylic acids is 3. The van der Waals surface area contributed by atoms with Crippen LogP contribution in [0, 0.1) is 19.7 Å². The number of nitrogens with one attached hydrogen (secondary N) is 3. The van der Waals surface area contributed by atoms with Crippen LogP contribution in [0.1, 0.15) is 32.9 Å². The number of aryl methyl sites for hydroxylation is 1. The summed E-state index contributed by atoms with van der Waals surface area (Å²) < 4.78 is 24.3. The number of aromatic nitrogens is 1. The molecule has 2 aromatic rings. The monoisotopic (exact) mass is 470 g/mol. The molecule has 0 saturated carbocycles. The lowest BCUT2D eigenvalue weighted by Gasteiger charge is -2.29. The fourth-order valence-corrected chi connectivity index (χ4v) is 4.24. The van der Waals surface area contributed by atoms with Crippen molar-refractivity contribution in [2.45, 2.75) is 20.0 Å². The average Bonchev–Trinajstić information content (AvgIpc) is 3.29. The van der Waals surface area contributed by atoms with Gasteiger partial charge < -0.3 is 30.0 Å². The van der Waals surface area contributed by atoms with Crippen molar-refractivity contribution in [3.63, 3.8) is 0 Å². The maximum Gasteiger partial charge on any atom is 0.256 e. The van der Waals surface area contributed by atoms with Crippen LogP contribution in [0.15, 0.2) is 18.2 Å². The highest BCUT2D eigenvalue weighted by molar-refractivity contribution is 6.34. The highest BCUT2D eigenvalue weighted by atomic mass is 19.1. The van der Waals surface area contributed by atoms with Crippen molar-refractivity contribution in [3.05, 3.63) is 52.1 Å². The normalized spacial score (nSPS) is 17.5. The molecule has 0 aliphatic carbocycles. The number of nitrogens with zero attached hydrogens (tertiary/aromatic N) is 1. The van der Waals surface area contributed by atoms with Crippen molar-refractivity contribution < 1.29 is 28.2 Å². The minimum Gasteiger partial charge on any atom is -0.378 e. The Bertz CT molecular complexity index is 1170. The van der Waals surface area contributed by atoms with E-state index >= 15 is 0 Å². The quantitative estimate of drug-likeness (QED) is 0.558.